The van der Waals surface area contributed by atoms with Crippen molar-refractivity contribution in [2.75, 3.05) is 0 Å². The molecule has 58 valence electrons. The van der Waals surface area contributed by atoms with Crippen molar-refractivity contribution in [3.63, 3.8) is 0 Å². The van der Waals surface area contributed by atoms with Crippen molar-refractivity contribution >= 4 is 5.78 Å². The smallest absolute Gasteiger partial charge is 0.139 e. The maximum atomic E-state index is 11.1. The van der Waals surface area contributed by atoms with Crippen LogP contribution in [0.5, 0.6) is 0 Å². The van der Waals surface area contributed by atoms with Gasteiger partial charge in [0.2, 0.25) is 0 Å². The fourth-order valence-electron chi connectivity index (χ4n) is 0.700. The van der Waals surface area contributed by atoms with Crippen LogP contribution in [-0.4, -0.2) is 5.78 Å². The summed E-state index contributed by atoms with van der Waals surface area (Å²) < 4.78 is 0. The van der Waals surface area contributed by atoms with Crippen molar-refractivity contribution in [3.8, 4) is 0 Å². The summed E-state index contributed by atoms with van der Waals surface area (Å²) in [5, 5.41) is 0. The molecule has 0 fully saturated rings. The lowest BCUT2D eigenvalue weighted by molar-refractivity contribution is -0.122. The fraction of sp³-hybridized carbons (Fsp3) is 0.667. The molecule has 0 radical (unpaired) electrons. The Labute approximate surface area is 63.1 Å². The first-order chi connectivity index (χ1) is 4.59. The zero-order chi connectivity index (χ0) is 8.15. The second-order valence-electron chi connectivity index (χ2n) is 2.99. The molecule has 0 saturated carbocycles. The summed E-state index contributed by atoms with van der Waals surface area (Å²) in [5.41, 5.74) is 0. The Kier molecular flexibility index (Phi) is 4.01. The number of carbonyl (C=O) groups is 1. The molecule has 0 bridgehead atoms. The van der Waals surface area contributed by atoms with Crippen LogP contribution in [0.3, 0.4) is 0 Å². The molecule has 1 atom stereocenters. The van der Waals surface area contributed by atoms with Crippen LogP contribution in [0.15, 0.2) is 12.7 Å². The highest BCUT2D eigenvalue weighted by Gasteiger charge is 2.14. The molecule has 1 nitrogen and oxygen atoms in total. The van der Waals surface area contributed by atoms with Crippen LogP contribution in [0.4, 0.5) is 0 Å². The lowest BCUT2D eigenvalue weighted by Crippen LogP contribution is -2.15. The third kappa shape index (κ3) is 2.81. The second kappa shape index (κ2) is 4.26. The number of Topliss-reactive ketones (excluding diaryl/α,β-unsaturated/α-hetero) is 1. The van der Waals surface area contributed by atoms with E-state index in [4.69, 9.17) is 0 Å². The summed E-state index contributed by atoms with van der Waals surface area (Å²) in [6.07, 6.45) is 2.18. The van der Waals surface area contributed by atoms with E-state index in [9.17, 15) is 4.79 Å². The van der Waals surface area contributed by atoms with Gasteiger partial charge in [0.15, 0.2) is 0 Å². The van der Waals surface area contributed by atoms with Gasteiger partial charge in [0.1, 0.15) is 5.78 Å². The maximum Gasteiger partial charge on any atom is 0.139 e. The standard InChI is InChI=1S/C9H16O/c1-5-6-9(10)8(4)7(2)3/h5,7-8H,1,6H2,2-4H3. The molecule has 10 heavy (non-hydrogen) atoms. The van der Waals surface area contributed by atoms with Gasteiger partial charge < -0.3 is 0 Å². The van der Waals surface area contributed by atoms with Crippen molar-refractivity contribution in [2.24, 2.45) is 11.8 Å². The van der Waals surface area contributed by atoms with Gasteiger partial charge in [-0.05, 0) is 5.92 Å². The molecule has 0 spiro atoms. The van der Waals surface area contributed by atoms with Crippen LogP contribution in [0.1, 0.15) is 27.2 Å². The van der Waals surface area contributed by atoms with Gasteiger partial charge in [-0.1, -0.05) is 26.8 Å². The predicted molar refractivity (Wildman–Crippen MR) is 43.8 cm³/mol. The lowest BCUT2D eigenvalue weighted by Gasteiger charge is -2.11. The molecule has 0 aliphatic heterocycles. The summed E-state index contributed by atoms with van der Waals surface area (Å²) >= 11 is 0. The lowest BCUT2D eigenvalue weighted by atomic mass is 9.92. The van der Waals surface area contributed by atoms with Gasteiger partial charge in [-0.15, -0.1) is 6.58 Å². The van der Waals surface area contributed by atoms with Gasteiger partial charge in [0, 0.05) is 12.3 Å². The van der Waals surface area contributed by atoms with Crippen molar-refractivity contribution in [1.29, 1.82) is 0 Å². The molecule has 0 aromatic rings. The SMILES string of the molecule is C=CCC(=O)C(C)C(C)C. The Morgan fingerprint density at radius 1 is 1.50 bits per heavy atom. The number of hydrogen-bond acceptors (Lipinski definition) is 1. The molecule has 0 aliphatic rings. The average Bonchev–Trinajstić information content (AvgIpc) is 1.87. The minimum Gasteiger partial charge on any atom is -0.299 e. The van der Waals surface area contributed by atoms with Crippen molar-refractivity contribution in [2.45, 2.75) is 27.2 Å². The number of rotatable bonds is 4. The van der Waals surface area contributed by atoms with Crippen molar-refractivity contribution < 1.29 is 4.79 Å². The van der Waals surface area contributed by atoms with Crippen molar-refractivity contribution in [3.05, 3.63) is 12.7 Å². The molecule has 0 rings (SSSR count). The third-order valence-corrected chi connectivity index (χ3v) is 1.85. The number of allylic oxidation sites excluding steroid dienone is 1. The van der Waals surface area contributed by atoms with Crippen LogP contribution in [0.2, 0.25) is 0 Å². The summed E-state index contributed by atoms with van der Waals surface area (Å²) in [6.45, 7) is 9.61. The fourth-order valence-corrected chi connectivity index (χ4v) is 0.700. The highest BCUT2D eigenvalue weighted by molar-refractivity contribution is 5.82. The molecule has 1 heteroatoms. The molecule has 1 unspecified atom stereocenters. The Balaban J connectivity index is 3.81. The van der Waals surface area contributed by atoms with E-state index >= 15 is 0 Å². The van der Waals surface area contributed by atoms with E-state index in [2.05, 4.69) is 20.4 Å². The Bertz CT molecular complexity index is 125. The quantitative estimate of drug-likeness (QED) is 0.548. The van der Waals surface area contributed by atoms with Gasteiger partial charge in [-0.25, -0.2) is 0 Å². The Morgan fingerprint density at radius 2 is 2.00 bits per heavy atom. The number of hydrogen-bond donors (Lipinski definition) is 0. The molecular weight excluding hydrogens is 124 g/mol. The minimum absolute atomic E-state index is 0.179. The van der Waals surface area contributed by atoms with E-state index in [0.29, 0.717) is 18.1 Å². The van der Waals surface area contributed by atoms with Crippen LogP contribution in [0.25, 0.3) is 0 Å². The number of carbonyl (C=O) groups excluding carboxylic acids is 1. The van der Waals surface area contributed by atoms with Gasteiger partial charge in [0.05, 0.1) is 0 Å². The van der Waals surface area contributed by atoms with E-state index in [-0.39, 0.29) is 5.92 Å². The van der Waals surface area contributed by atoms with Gasteiger partial charge in [-0.2, -0.15) is 0 Å². The normalized spacial score (nSPS) is 13.2. The van der Waals surface area contributed by atoms with E-state index in [1.165, 1.54) is 0 Å². The highest BCUT2D eigenvalue weighted by Crippen LogP contribution is 2.12. The third-order valence-electron chi connectivity index (χ3n) is 1.85. The van der Waals surface area contributed by atoms with Crippen LogP contribution < -0.4 is 0 Å². The maximum absolute atomic E-state index is 11.1. The molecule has 0 aliphatic carbocycles. The van der Waals surface area contributed by atoms with E-state index in [1.54, 1.807) is 6.08 Å². The topological polar surface area (TPSA) is 17.1 Å². The zero-order valence-electron chi connectivity index (χ0n) is 7.05. The largest absolute Gasteiger partial charge is 0.299 e. The second-order valence-corrected chi connectivity index (χ2v) is 2.99. The molecule has 0 amide bonds. The summed E-state index contributed by atoms with van der Waals surface area (Å²) in [5.74, 6) is 0.926. The van der Waals surface area contributed by atoms with E-state index < -0.39 is 0 Å². The molecule has 0 saturated heterocycles. The molecule has 0 aromatic carbocycles. The molecular formula is C9H16O. The first kappa shape index (κ1) is 9.41. The van der Waals surface area contributed by atoms with Gasteiger partial charge >= 0.3 is 0 Å². The number of ketones is 1. The summed E-state index contributed by atoms with van der Waals surface area (Å²) in [7, 11) is 0. The Hall–Kier alpha value is -0.590. The Morgan fingerprint density at radius 3 is 2.30 bits per heavy atom. The average molecular weight is 140 g/mol. The van der Waals surface area contributed by atoms with Gasteiger partial charge in [-0.3, -0.25) is 4.79 Å². The van der Waals surface area contributed by atoms with E-state index in [0.717, 1.165) is 0 Å². The highest BCUT2D eigenvalue weighted by atomic mass is 16.1. The molecule has 0 aromatic heterocycles. The first-order valence-electron chi connectivity index (χ1n) is 3.73. The predicted octanol–water partition coefficient (Wildman–Crippen LogP) is 2.42. The summed E-state index contributed by atoms with van der Waals surface area (Å²) in [6, 6.07) is 0. The molecule has 0 heterocycles. The monoisotopic (exact) mass is 140 g/mol. The van der Waals surface area contributed by atoms with Crippen LogP contribution >= 0.6 is 0 Å². The van der Waals surface area contributed by atoms with Crippen LogP contribution in [-0.2, 0) is 4.79 Å². The van der Waals surface area contributed by atoms with E-state index in [1.807, 2.05) is 6.92 Å². The molecule has 0 N–H and O–H groups in total. The minimum atomic E-state index is 0.179. The van der Waals surface area contributed by atoms with Crippen LogP contribution in [0, 0.1) is 11.8 Å². The summed E-state index contributed by atoms with van der Waals surface area (Å²) in [4.78, 5) is 11.1. The van der Waals surface area contributed by atoms with Gasteiger partial charge in [0.25, 0.3) is 0 Å². The first-order valence-corrected chi connectivity index (χ1v) is 3.73. The zero-order valence-corrected chi connectivity index (χ0v) is 7.05. The van der Waals surface area contributed by atoms with Crippen molar-refractivity contribution in [1.82, 2.24) is 0 Å².